The second-order valence-corrected chi connectivity index (χ2v) is 5.60. The minimum Gasteiger partial charge on any atom is -0.460 e. The number of benzene rings is 1. The van der Waals surface area contributed by atoms with Gasteiger partial charge in [0.05, 0.1) is 0 Å². The number of esters is 1. The summed E-state index contributed by atoms with van der Waals surface area (Å²) in [4.78, 5) is 11.6. The molecule has 0 spiro atoms. The lowest BCUT2D eigenvalue weighted by Gasteiger charge is -2.19. The molecule has 0 aliphatic rings. The summed E-state index contributed by atoms with van der Waals surface area (Å²) in [6.07, 6.45) is 1.17. The van der Waals surface area contributed by atoms with Gasteiger partial charge in [0.1, 0.15) is 5.60 Å². The number of rotatable bonds is 4. The molecule has 3 heteroatoms. The lowest BCUT2D eigenvalue weighted by molar-refractivity contribution is -0.154. The van der Waals surface area contributed by atoms with Crippen LogP contribution in [0.1, 0.15) is 38.3 Å². The first kappa shape index (κ1) is 14.2. The van der Waals surface area contributed by atoms with E-state index in [1.54, 1.807) is 0 Å². The summed E-state index contributed by atoms with van der Waals surface area (Å²) in [7, 11) is 0. The molecule has 0 atom stereocenters. The molecule has 0 aliphatic heterocycles. The predicted octanol–water partition coefficient (Wildman–Crippen LogP) is 3.86. The number of ether oxygens (including phenoxy) is 1. The molecule has 17 heavy (non-hydrogen) atoms. The van der Waals surface area contributed by atoms with Crippen molar-refractivity contribution < 1.29 is 9.53 Å². The zero-order chi connectivity index (χ0) is 12.9. The minimum atomic E-state index is -0.394. The highest BCUT2D eigenvalue weighted by Gasteiger charge is 2.15. The molecule has 0 unspecified atom stereocenters. The molecule has 1 rings (SSSR count). The van der Waals surface area contributed by atoms with E-state index in [1.165, 1.54) is 11.1 Å². The molecule has 0 amide bonds. The molecule has 0 saturated heterocycles. The van der Waals surface area contributed by atoms with Gasteiger partial charge in [0.15, 0.2) is 0 Å². The van der Waals surface area contributed by atoms with E-state index in [9.17, 15) is 4.79 Å². The van der Waals surface area contributed by atoms with Crippen LogP contribution in [0.4, 0.5) is 0 Å². The van der Waals surface area contributed by atoms with E-state index in [-0.39, 0.29) is 5.97 Å². The van der Waals surface area contributed by atoms with Crippen LogP contribution in [0.15, 0.2) is 24.3 Å². The van der Waals surface area contributed by atoms with Gasteiger partial charge in [-0.1, -0.05) is 40.2 Å². The Balaban J connectivity index is 2.47. The molecular formula is C14H19BrO2. The van der Waals surface area contributed by atoms with E-state index in [1.807, 2.05) is 32.9 Å². The van der Waals surface area contributed by atoms with Crippen LogP contribution in [0.5, 0.6) is 0 Å². The fraction of sp³-hybridized carbons (Fsp3) is 0.500. The van der Waals surface area contributed by atoms with Gasteiger partial charge in [-0.15, -0.1) is 0 Å². The van der Waals surface area contributed by atoms with Gasteiger partial charge in [-0.05, 0) is 38.3 Å². The Hall–Kier alpha value is -0.830. The number of hydrogen-bond donors (Lipinski definition) is 0. The van der Waals surface area contributed by atoms with E-state index >= 15 is 0 Å². The standard InChI is InChI=1S/C14H19BrO2/c1-14(2,3)17-13(16)8-7-11-5-4-6-12(9-11)10-15/h4-6,9H,7-8,10H2,1-3H3. The third kappa shape index (κ3) is 5.87. The monoisotopic (exact) mass is 298 g/mol. The summed E-state index contributed by atoms with van der Waals surface area (Å²) in [5.74, 6) is -0.137. The van der Waals surface area contributed by atoms with Gasteiger partial charge >= 0.3 is 5.97 Å². The highest BCUT2D eigenvalue weighted by Crippen LogP contribution is 2.13. The van der Waals surface area contributed by atoms with E-state index in [2.05, 4.69) is 28.1 Å². The van der Waals surface area contributed by atoms with Gasteiger partial charge < -0.3 is 4.74 Å². The zero-order valence-corrected chi connectivity index (χ0v) is 12.2. The Morgan fingerprint density at radius 1 is 1.29 bits per heavy atom. The molecule has 0 bridgehead atoms. The molecule has 0 N–H and O–H groups in total. The summed E-state index contributed by atoms with van der Waals surface area (Å²) in [6.45, 7) is 5.66. The van der Waals surface area contributed by atoms with Crippen LogP contribution in [0.3, 0.4) is 0 Å². The van der Waals surface area contributed by atoms with Crippen molar-refractivity contribution in [3.05, 3.63) is 35.4 Å². The highest BCUT2D eigenvalue weighted by molar-refractivity contribution is 9.08. The molecule has 1 aromatic rings. The molecule has 94 valence electrons. The van der Waals surface area contributed by atoms with Gasteiger partial charge in [0, 0.05) is 11.8 Å². The lowest BCUT2D eigenvalue weighted by atomic mass is 10.1. The lowest BCUT2D eigenvalue weighted by Crippen LogP contribution is -2.24. The summed E-state index contributed by atoms with van der Waals surface area (Å²) in [5, 5.41) is 0.841. The third-order valence-electron chi connectivity index (χ3n) is 2.18. The van der Waals surface area contributed by atoms with Crippen molar-refractivity contribution in [1.82, 2.24) is 0 Å². The molecule has 0 aliphatic carbocycles. The van der Waals surface area contributed by atoms with Crippen LogP contribution in [0.25, 0.3) is 0 Å². The Bertz CT molecular complexity index is 380. The Morgan fingerprint density at radius 3 is 2.53 bits per heavy atom. The van der Waals surface area contributed by atoms with E-state index in [4.69, 9.17) is 4.74 Å². The Kier molecular flexibility index (Phi) is 5.19. The van der Waals surface area contributed by atoms with Gasteiger partial charge in [0.25, 0.3) is 0 Å². The molecule has 0 heterocycles. The molecule has 1 aromatic carbocycles. The minimum absolute atomic E-state index is 0.137. The van der Waals surface area contributed by atoms with Crippen molar-refractivity contribution in [2.75, 3.05) is 0 Å². The van der Waals surface area contributed by atoms with Crippen molar-refractivity contribution in [3.8, 4) is 0 Å². The average molecular weight is 299 g/mol. The van der Waals surface area contributed by atoms with Crippen molar-refractivity contribution in [3.63, 3.8) is 0 Å². The van der Waals surface area contributed by atoms with E-state index in [0.717, 1.165) is 11.8 Å². The second-order valence-electron chi connectivity index (χ2n) is 5.04. The molecular weight excluding hydrogens is 280 g/mol. The van der Waals surface area contributed by atoms with Gasteiger partial charge in [-0.3, -0.25) is 4.79 Å². The smallest absolute Gasteiger partial charge is 0.306 e. The summed E-state index contributed by atoms with van der Waals surface area (Å²) in [6, 6.07) is 8.22. The summed E-state index contributed by atoms with van der Waals surface area (Å²) < 4.78 is 5.27. The Labute approximate surface area is 111 Å². The first-order valence-corrected chi connectivity index (χ1v) is 6.88. The van der Waals surface area contributed by atoms with Crippen LogP contribution in [-0.4, -0.2) is 11.6 Å². The summed E-state index contributed by atoms with van der Waals surface area (Å²) >= 11 is 3.42. The van der Waals surface area contributed by atoms with E-state index < -0.39 is 5.60 Å². The quantitative estimate of drug-likeness (QED) is 0.623. The van der Waals surface area contributed by atoms with E-state index in [0.29, 0.717) is 6.42 Å². The van der Waals surface area contributed by atoms with Gasteiger partial charge in [0.2, 0.25) is 0 Å². The largest absolute Gasteiger partial charge is 0.460 e. The molecule has 0 saturated carbocycles. The first-order chi connectivity index (χ1) is 7.90. The number of carbonyl (C=O) groups is 1. The molecule has 2 nitrogen and oxygen atoms in total. The summed E-state index contributed by atoms with van der Waals surface area (Å²) in [5.41, 5.74) is 2.01. The fourth-order valence-electron chi connectivity index (χ4n) is 1.51. The van der Waals surface area contributed by atoms with Crippen LogP contribution in [0, 0.1) is 0 Å². The average Bonchev–Trinajstić information content (AvgIpc) is 2.24. The van der Waals surface area contributed by atoms with Crippen LogP contribution in [-0.2, 0) is 21.3 Å². The number of halogens is 1. The number of hydrogen-bond acceptors (Lipinski definition) is 2. The third-order valence-corrected chi connectivity index (χ3v) is 2.83. The van der Waals surface area contributed by atoms with Crippen molar-refractivity contribution >= 4 is 21.9 Å². The SMILES string of the molecule is CC(C)(C)OC(=O)CCc1cccc(CBr)c1. The maximum atomic E-state index is 11.6. The second kappa shape index (κ2) is 6.20. The van der Waals surface area contributed by atoms with Gasteiger partial charge in [-0.25, -0.2) is 0 Å². The topological polar surface area (TPSA) is 26.3 Å². The first-order valence-electron chi connectivity index (χ1n) is 5.76. The normalized spacial score (nSPS) is 11.3. The molecule has 0 aromatic heterocycles. The molecule has 0 fully saturated rings. The zero-order valence-electron chi connectivity index (χ0n) is 10.6. The Morgan fingerprint density at radius 2 is 1.94 bits per heavy atom. The van der Waals surface area contributed by atoms with Crippen molar-refractivity contribution in [2.24, 2.45) is 0 Å². The number of alkyl halides is 1. The highest BCUT2D eigenvalue weighted by atomic mass is 79.9. The van der Waals surface area contributed by atoms with Gasteiger partial charge in [-0.2, -0.15) is 0 Å². The maximum Gasteiger partial charge on any atom is 0.306 e. The van der Waals surface area contributed by atoms with Crippen molar-refractivity contribution in [1.29, 1.82) is 0 Å². The molecule has 0 radical (unpaired) electrons. The fourth-order valence-corrected chi connectivity index (χ4v) is 1.86. The maximum absolute atomic E-state index is 11.6. The number of carbonyl (C=O) groups excluding carboxylic acids is 1. The van der Waals surface area contributed by atoms with Crippen molar-refractivity contribution in [2.45, 2.75) is 44.5 Å². The van der Waals surface area contributed by atoms with Crippen LogP contribution in [0.2, 0.25) is 0 Å². The van der Waals surface area contributed by atoms with Crippen LogP contribution >= 0.6 is 15.9 Å². The van der Waals surface area contributed by atoms with Crippen LogP contribution < -0.4 is 0 Å². The number of aryl methyl sites for hydroxylation is 1. The predicted molar refractivity (Wildman–Crippen MR) is 73.2 cm³/mol.